The highest BCUT2D eigenvalue weighted by atomic mass is 32.1. The van der Waals surface area contributed by atoms with Crippen LogP contribution in [0.3, 0.4) is 0 Å². The number of alkyl halides is 2. The fraction of sp³-hybridized carbons (Fsp3) is 0.353. The molecular weight excluding hydrogens is 334 g/mol. The van der Waals surface area contributed by atoms with Gasteiger partial charge in [-0.05, 0) is 60.7 Å². The Hall–Kier alpha value is -1.99. The van der Waals surface area contributed by atoms with E-state index in [9.17, 15) is 13.6 Å². The van der Waals surface area contributed by atoms with Crippen LogP contribution in [0.5, 0.6) is 5.75 Å². The second kappa shape index (κ2) is 7.27. The molecule has 0 aliphatic heterocycles. The van der Waals surface area contributed by atoms with Gasteiger partial charge in [0.1, 0.15) is 5.75 Å². The lowest BCUT2D eigenvalue weighted by molar-refractivity contribution is -0.0498. The minimum Gasteiger partial charge on any atom is -0.435 e. The van der Waals surface area contributed by atoms with Crippen molar-refractivity contribution in [2.75, 3.05) is 6.54 Å². The number of nitrogens with one attached hydrogen (secondary N) is 1. The zero-order valence-electron chi connectivity index (χ0n) is 12.9. The average molecular weight is 352 g/mol. The number of ether oxygens (including phenoxy) is 1. The average Bonchev–Trinajstić information content (AvgIpc) is 3.29. The molecule has 1 atom stereocenters. The molecule has 3 N–H and O–H groups in total. The first-order valence-corrected chi connectivity index (χ1v) is 8.53. The van der Waals surface area contributed by atoms with Gasteiger partial charge in [0.15, 0.2) is 0 Å². The van der Waals surface area contributed by atoms with Gasteiger partial charge in [-0.2, -0.15) is 8.78 Å². The van der Waals surface area contributed by atoms with E-state index < -0.39 is 6.61 Å². The third-order valence-electron chi connectivity index (χ3n) is 3.92. The molecule has 1 aliphatic carbocycles. The largest absolute Gasteiger partial charge is 0.435 e. The molecule has 24 heavy (non-hydrogen) atoms. The molecule has 1 aromatic heterocycles. The van der Waals surface area contributed by atoms with Crippen molar-refractivity contribution in [2.45, 2.75) is 25.5 Å². The Morgan fingerprint density at radius 2 is 1.96 bits per heavy atom. The van der Waals surface area contributed by atoms with Crippen molar-refractivity contribution >= 4 is 17.2 Å². The van der Waals surface area contributed by atoms with Crippen LogP contribution in [0.1, 0.15) is 22.5 Å². The third kappa shape index (κ3) is 4.30. The highest BCUT2D eigenvalue weighted by Crippen LogP contribution is 2.32. The Labute approximate surface area is 142 Å². The van der Waals surface area contributed by atoms with E-state index in [2.05, 4.69) is 10.1 Å². The van der Waals surface area contributed by atoms with Crippen molar-refractivity contribution in [3.8, 4) is 16.2 Å². The van der Waals surface area contributed by atoms with E-state index in [1.54, 1.807) is 18.2 Å². The van der Waals surface area contributed by atoms with Crippen molar-refractivity contribution in [2.24, 2.45) is 11.7 Å². The summed E-state index contributed by atoms with van der Waals surface area (Å²) in [5, 5.41) is 2.86. The number of amides is 1. The lowest BCUT2D eigenvalue weighted by Crippen LogP contribution is -2.38. The van der Waals surface area contributed by atoms with Gasteiger partial charge in [0, 0.05) is 17.5 Å². The second-order valence-electron chi connectivity index (χ2n) is 5.78. The van der Waals surface area contributed by atoms with Crippen LogP contribution in [0, 0.1) is 5.92 Å². The van der Waals surface area contributed by atoms with Crippen molar-refractivity contribution in [3.05, 3.63) is 41.3 Å². The number of halogens is 2. The predicted molar refractivity (Wildman–Crippen MR) is 89.4 cm³/mol. The summed E-state index contributed by atoms with van der Waals surface area (Å²) in [5.41, 5.74) is 6.82. The van der Waals surface area contributed by atoms with Gasteiger partial charge in [-0.25, -0.2) is 0 Å². The maximum Gasteiger partial charge on any atom is 0.387 e. The minimum atomic E-state index is -2.84. The summed E-state index contributed by atoms with van der Waals surface area (Å²) in [6.07, 6.45) is 2.29. The molecule has 1 saturated carbocycles. The van der Waals surface area contributed by atoms with Gasteiger partial charge in [0.05, 0.1) is 4.88 Å². The van der Waals surface area contributed by atoms with Gasteiger partial charge < -0.3 is 15.8 Å². The SMILES string of the molecule is NC(CNC(=O)c1ccc(-c2ccc(OC(F)F)cc2)s1)C1CC1. The monoisotopic (exact) mass is 352 g/mol. The number of rotatable bonds is 7. The molecule has 1 aliphatic rings. The summed E-state index contributed by atoms with van der Waals surface area (Å²) >= 11 is 1.35. The number of benzene rings is 1. The summed E-state index contributed by atoms with van der Waals surface area (Å²) in [7, 11) is 0. The summed E-state index contributed by atoms with van der Waals surface area (Å²) in [5.74, 6) is 0.510. The van der Waals surface area contributed by atoms with E-state index in [0.717, 1.165) is 23.3 Å². The van der Waals surface area contributed by atoms with Crippen LogP contribution in [0.15, 0.2) is 36.4 Å². The number of hydrogen-bond acceptors (Lipinski definition) is 4. The molecule has 7 heteroatoms. The number of carbonyl (C=O) groups is 1. The molecule has 0 spiro atoms. The number of carbonyl (C=O) groups excluding carboxylic acids is 1. The van der Waals surface area contributed by atoms with Crippen LogP contribution in [0.4, 0.5) is 8.78 Å². The number of thiophene rings is 1. The Morgan fingerprint density at radius 1 is 1.25 bits per heavy atom. The summed E-state index contributed by atoms with van der Waals surface area (Å²) in [6, 6.07) is 9.95. The van der Waals surface area contributed by atoms with Crippen LogP contribution >= 0.6 is 11.3 Å². The Morgan fingerprint density at radius 3 is 2.58 bits per heavy atom. The molecule has 2 aromatic rings. The van der Waals surface area contributed by atoms with E-state index in [1.165, 1.54) is 23.5 Å². The summed E-state index contributed by atoms with van der Waals surface area (Å²) in [6.45, 7) is -2.36. The normalized spacial score (nSPS) is 15.3. The van der Waals surface area contributed by atoms with Crippen molar-refractivity contribution in [1.82, 2.24) is 5.32 Å². The summed E-state index contributed by atoms with van der Waals surface area (Å²) < 4.78 is 28.6. The molecule has 1 amide bonds. The number of nitrogens with two attached hydrogens (primary N) is 1. The van der Waals surface area contributed by atoms with E-state index in [0.29, 0.717) is 17.3 Å². The molecule has 0 radical (unpaired) electrons. The van der Waals surface area contributed by atoms with Crippen LogP contribution in [-0.4, -0.2) is 25.1 Å². The van der Waals surface area contributed by atoms with Crippen LogP contribution in [0.25, 0.3) is 10.4 Å². The van der Waals surface area contributed by atoms with Gasteiger partial charge >= 0.3 is 6.61 Å². The smallest absolute Gasteiger partial charge is 0.387 e. The molecule has 3 rings (SSSR count). The highest BCUT2D eigenvalue weighted by Gasteiger charge is 2.28. The lowest BCUT2D eigenvalue weighted by Gasteiger charge is -2.10. The van der Waals surface area contributed by atoms with E-state index in [4.69, 9.17) is 5.73 Å². The van der Waals surface area contributed by atoms with Gasteiger partial charge in [0.25, 0.3) is 5.91 Å². The third-order valence-corrected chi connectivity index (χ3v) is 5.05. The zero-order valence-corrected chi connectivity index (χ0v) is 13.7. The topological polar surface area (TPSA) is 64.3 Å². The van der Waals surface area contributed by atoms with Crippen molar-refractivity contribution in [1.29, 1.82) is 0 Å². The molecule has 1 fully saturated rings. The quantitative estimate of drug-likeness (QED) is 0.802. The van der Waals surface area contributed by atoms with Gasteiger partial charge in [-0.15, -0.1) is 11.3 Å². The van der Waals surface area contributed by atoms with Crippen LogP contribution in [0.2, 0.25) is 0 Å². The maximum atomic E-state index is 12.2. The van der Waals surface area contributed by atoms with Gasteiger partial charge in [-0.1, -0.05) is 0 Å². The van der Waals surface area contributed by atoms with Crippen molar-refractivity contribution < 1.29 is 18.3 Å². The Bertz CT molecular complexity index is 699. The van der Waals surface area contributed by atoms with Crippen LogP contribution < -0.4 is 15.8 Å². The molecule has 1 unspecified atom stereocenters. The standard InChI is InChI=1S/C17H18F2N2O2S/c18-17(19)23-12-5-3-11(4-6-12)14-7-8-15(24-14)16(22)21-9-13(20)10-1-2-10/h3-8,10,13,17H,1-2,9,20H2,(H,21,22). The molecule has 128 valence electrons. The first kappa shape index (κ1) is 16.9. The molecule has 1 aromatic carbocycles. The second-order valence-corrected chi connectivity index (χ2v) is 6.86. The molecule has 1 heterocycles. The minimum absolute atomic E-state index is 0.0239. The molecule has 4 nitrogen and oxygen atoms in total. The molecular formula is C17H18F2N2O2S. The Balaban J connectivity index is 1.60. The summed E-state index contributed by atoms with van der Waals surface area (Å²) in [4.78, 5) is 13.6. The van der Waals surface area contributed by atoms with E-state index in [1.807, 2.05) is 6.07 Å². The van der Waals surface area contributed by atoms with Gasteiger partial charge in [-0.3, -0.25) is 4.79 Å². The number of hydrogen-bond donors (Lipinski definition) is 2. The maximum absolute atomic E-state index is 12.2. The molecule has 0 saturated heterocycles. The Kier molecular flexibility index (Phi) is 5.11. The predicted octanol–water partition coefficient (Wildman–Crippen LogP) is 3.48. The highest BCUT2D eigenvalue weighted by molar-refractivity contribution is 7.17. The van der Waals surface area contributed by atoms with Crippen molar-refractivity contribution in [3.63, 3.8) is 0 Å². The fourth-order valence-electron chi connectivity index (χ4n) is 2.40. The molecule has 0 bridgehead atoms. The van der Waals surface area contributed by atoms with Gasteiger partial charge in [0.2, 0.25) is 0 Å². The lowest BCUT2D eigenvalue weighted by atomic mass is 10.2. The van der Waals surface area contributed by atoms with E-state index >= 15 is 0 Å². The van der Waals surface area contributed by atoms with Crippen LogP contribution in [-0.2, 0) is 0 Å². The first-order chi connectivity index (χ1) is 11.5. The first-order valence-electron chi connectivity index (χ1n) is 7.72. The fourth-order valence-corrected chi connectivity index (χ4v) is 3.33. The zero-order chi connectivity index (χ0) is 17.1. The van der Waals surface area contributed by atoms with E-state index in [-0.39, 0.29) is 17.7 Å².